The Morgan fingerprint density at radius 2 is 2.05 bits per heavy atom. The maximum atomic E-state index is 8.96. The molecule has 2 aromatic rings. The van der Waals surface area contributed by atoms with Crippen LogP contribution < -0.4 is 5.32 Å². The summed E-state index contributed by atoms with van der Waals surface area (Å²) in [6.45, 7) is 2.94. The number of benzene rings is 1. The number of hydrogen-bond acceptors (Lipinski definition) is 2. The van der Waals surface area contributed by atoms with Crippen molar-refractivity contribution in [1.82, 2.24) is 9.88 Å². The average molecular weight is 332 g/mol. The third kappa shape index (κ3) is 3.50. The fourth-order valence-corrected chi connectivity index (χ4v) is 2.54. The molecule has 0 fully saturated rings. The predicted molar refractivity (Wildman–Crippen MR) is 84.1 cm³/mol. The summed E-state index contributed by atoms with van der Waals surface area (Å²) in [5, 5.41) is 12.5. The molecule has 1 N–H and O–H groups in total. The van der Waals surface area contributed by atoms with Crippen LogP contribution in [0.3, 0.4) is 0 Å². The van der Waals surface area contributed by atoms with Crippen molar-refractivity contribution in [2.75, 3.05) is 0 Å². The first-order valence-electron chi connectivity index (χ1n) is 6.68. The molecular formula is C16H18BrN3. The van der Waals surface area contributed by atoms with E-state index in [4.69, 9.17) is 5.26 Å². The molecule has 0 saturated carbocycles. The van der Waals surface area contributed by atoms with E-state index in [1.54, 1.807) is 0 Å². The van der Waals surface area contributed by atoms with Crippen LogP contribution in [0.5, 0.6) is 0 Å². The highest BCUT2D eigenvalue weighted by Crippen LogP contribution is 2.20. The van der Waals surface area contributed by atoms with Crippen LogP contribution in [0, 0.1) is 11.3 Å². The van der Waals surface area contributed by atoms with Crippen molar-refractivity contribution in [3.05, 3.63) is 57.8 Å². The van der Waals surface area contributed by atoms with Crippen LogP contribution in [0.4, 0.5) is 0 Å². The monoisotopic (exact) mass is 331 g/mol. The van der Waals surface area contributed by atoms with E-state index in [1.165, 1.54) is 5.56 Å². The largest absolute Gasteiger partial charge is 0.342 e. The van der Waals surface area contributed by atoms with Crippen molar-refractivity contribution in [2.24, 2.45) is 7.05 Å². The first-order chi connectivity index (χ1) is 9.63. The molecule has 4 heteroatoms. The van der Waals surface area contributed by atoms with Crippen LogP contribution in [0.25, 0.3) is 0 Å². The van der Waals surface area contributed by atoms with Gasteiger partial charge < -0.3 is 9.88 Å². The van der Waals surface area contributed by atoms with E-state index in [-0.39, 0.29) is 0 Å². The molecule has 104 valence electrons. The van der Waals surface area contributed by atoms with Gasteiger partial charge in [0.1, 0.15) is 11.8 Å². The van der Waals surface area contributed by atoms with Gasteiger partial charge in [-0.3, -0.25) is 0 Å². The van der Waals surface area contributed by atoms with Gasteiger partial charge in [0.15, 0.2) is 0 Å². The molecule has 20 heavy (non-hydrogen) atoms. The second kappa shape index (κ2) is 6.74. The van der Waals surface area contributed by atoms with Gasteiger partial charge in [-0.2, -0.15) is 5.26 Å². The Bertz CT molecular complexity index is 608. The summed E-state index contributed by atoms with van der Waals surface area (Å²) in [6, 6.07) is 12.8. The Morgan fingerprint density at radius 1 is 1.35 bits per heavy atom. The van der Waals surface area contributed by atoms with Gasteiger partial charge in [0.05, 0.1) is 0 Å². The van der Waals surface area contributed by atoms with Gasteiger partial charge in [-0.05, 0) is 35.7 Å². The third-order valence-electron chi connectivity index (χ3n) is 3.41. The molecular weight excluding hydrogens is 314 g/mol. The zero-order valence-electron chi connectivity index (χ0n) is 11.7. The van der Waals surface area contributed by atoms with Gasteiger partial charge in [0.25, 0.3) is 0 Å². The standard InChI is InChI=1S/C16H18BrN3/c1-3-16(13-4-6-14(17)7-5-13)19-10-12-8-15(9-18)20(2)11-12/h4-8,11,16,19H,3,10H2,1-2H3. The first-order valence-corrected chi connectivity index (χ1v) is 7.47. The van der Waals surface area contributed by atoms with Gasteiger partial charge in [-0.1, -0.05) is 35.0 Å². The van der Waals surface area contributed by atoms with Crippen LogP contribution >= 0.6 is 15.9 Å². The number of aromatic nitrogens is 1. The fraction of sp³-hybridized carbons (Fsp3) is 0.312. The number of rotatable bonds is 5. The molecule has 1 atom stereocenters. The Morgan fingerprint density at radius 3 is 2.60 bits per heavy atom. The molecule has 1 unspecified atom stereocenters. The number of aryl methyl sites for hydroxylation is 1. The van der Waals surface area contributed by atoms with Crippen LogP contribution in [-0.4, -0.2) is 4.57 Å². The van der Waals surface area contributed by atoms with Crippen LogP contribution in [0.2, 0.25) is 0 Å². The molecule has 0 radical (unpaired) electrons. The van der Waals surface area contributed by atoms with Gasteiger partial charge in [-0.25, -0.2) is 0 Å². The average Bonchev–Trinajstić information content (AvgIpc) is 2.81. The Labute approximate surface area is 128 Å². The maximum absolute atomic E-state index is 8.96. The molecule has 0 aliphatic rings. The number of nitrogens with zero attached hydrogens (tertiary/aromatic N) is 2. The summed E-state index contributed by atoms with van der Waals surface area (Å²) in [5.74, 6) is 0. The van der Waals surface area contributed by atoms with E-state index in [2.05, 4.69) is 58.5 Å². The summed E-state index contributed by atoms with van der Waals surface area (Å²) < 4.78 is 2.95. The molecule has 2 rings (SSSR count). The van der Waals surface area contributed by atoms with Gasteiger partial charge in [0, 0.05) is 30.3 Å². The van der Waals surface area contributed by atoms with E-state index >= 15 is 0 Å². The van der Waals surface area contributed by atoms with Crippen molar-refractivity contribution < 1.29 is 0 Å². The van der Waals surface area contributed by atoms with Crippen molar-refractivity contribution >= 4 is 15.9 Å². The topological polar surface area (TPSA) is 40.8 Å². The van der Waals surface area contributed by atoms with Gasteiger partial charge in [0.2, 0.25) is 0 Å². The van der Waals surface area contributed by atoms with Crippen LogP contribution in [0.1, 0.15) is 36.2 Å². The summed E-state index contributed by atoms with van der Waals surface area (Å²) >= 11 is 3.46. The molecule has 0 bridgehead atoms. The minimum atomic E-state index is 0.328. The minimum absolute atomic E-state index is 0.328. The lowest BCUT2D eigenvalue weighted by Crippen LogP contribution is -2.19. The summed E-state index contributed by atoms with van der Waals surface area (Å²) in [7, 11) is 1.90. The van der Waals surface area contributed by atoms with E-state index < -0.39 is 0 Å². The highest BCUT2D eigenvalue weighted by Gasteiger charge is 2.09. The van der Waals surface area contributed by atoms with E-state index in [1.807, 2.05) is 23.9 Å². The van der Waals surface area contributed by atoms with Crippen molar-refractivity contribution in [3.63, 3.8) is 0 Å². The molecule has 1 aromatic heterocycles. The molecule has 3 nitrogen and oxygen atoms in total. The smallest absolute Gasteiger partial charge is 0.120 e. The molecule has 1 aromatic carbocycles. The van der Waals surface area contributed by atoms with Crippen molar-refractivity contribution in [2.45, 2.75) is 25.9 Å². The van der Waals surface area contributed by atoms with Crippen molar-refractivity contribution in [1.29, 1.82) is 5.26 Å². The summed E-state index contributed by atoms with van der Waals surface area (Å²) in [6.07, 6.45) is 3.03. The minimum Gasteiger partial charge on any atom is -0.342 e. The second-order valence-electron chi connectivity index (χ2n) is 4.85. The number of nitriles is 1. The fourth-order valence-electron chi connectivity index (χ4n) is 2.27. The van der Waals surface area contributed by atoms with Crippen LogP contribution in [-0.2, 0) is 13.6 Å². The molecule has 1 heterocycles. The lowest BCUT2D eigenvalue weighted by Gasteiger charge is -2.17. The Kier molecular flexibility index (Phi) is 4.99. The molecule has 0 aliphatic heterocycles. The zero-order chi connectivity index (χ0) is 14.5. The highest BCUT2D eigenvalue weighted by molar-refractivity contribution is 9.10. The predicted octanol–water partition coefficient (Wildman–Crippen LogP) is 3.90. The number of hydrogen-bond donors (Lipinski definition) is 1. The van der Waals surface area contributed by atoms with E-state index in [0.29, 0.717) is 11.7 Å². The molecule has 0 saturated heterocycles. The summed E-state index contributed by atoms with van der Waals surface area (Å²) in [5.41, 5.74) is 3.12. The maximum Gasteiger partial charge on any atom is 0.120 e. The number of halogens is 1. The molecule has 0 amide bonds. The van der Waals surface area contributed by atoms with Gasteiger partial charge in [-0.15, -0.1) is 0 Å². The lowest BCUT2D eigenvalue weighted by molar-refractivity contribution is 0.519. The zero-order valence-corrected chi connectivity index (χ0v) is 13.3. The lowest BCUT2D eigenvalue weighted by atomic mass is 10.0. The van der Waals surface area contributed by atoms with Crippen LogP contribution in [0.15, 0.2) is 41.0 Å². The van der Waals surface area contributed by atoms with E-state index in [0.717, 1.165) is 23.0 Å². The molecule has 0 spiro atoms. The number of nitrogens with one attached hydrogen (secondary N) is 1. The quantitative estimate of drug-likeness (QED) is 0.902. The SMILES string of the molecule is CCC(NCc1cc(C#N)n(C)c1)c1ccc(Br)cc1. The third-order valence-corrected chi connectivity index (χ3v) is 3.94. The Hall–Kier alpha value is -1.57. The van der Waals surface area contributed by atoms with E-state index in [9.17, 15) is 0 Å². The Balaban J connectivity index is 2.03. The highest BCUT2D eigenvalue weighted by atomic mass is 79.9. The van der Waals surface area contributed by atoms with Gasteiger partial charge >= 0.3 is 0 Å². The molecule has 0 aliphatic carbocycles. The first kappa shape index (κ1) is 14.8. The second-order valence-corrected chi connectivity index (χ2v) is 5.77. The van der Waals surface area contributed by atoms with Crippen molar-refractivity contribution in [3.8, 4) is 6.07 Å². The normalized spacial score (nSPS) is 12.1. The summed E-state index contributed by atoms with van der Waals surface area (Å²) in [4.78, 5) is 0.